The zero-order chi connectivity index (χ0) is 18.1. The lowest BCUT2D eigenvalue weighted by molar-refractivity contribution is 0.173. The van der Waals surface area contributed by atoms with Crippen LogP contribution in [0, 0.1) is 0 Å². The highest BCUT2D eigenvalue weighted by molar-refractivity contribution is 7.89. The zero-order valence-electron chi connectivity index (χ0n) is 14.1. The fraction of sp³-hybridized carbons (Fsp3) is 0.333. The van der Waals surface area contributed by atoms with E-state index in [4.69, 9.17) is 21.1 Å². The average molecular weight is 395 g/mol. The van der Waals surface area contributed by atoms with E-state index in [1.165, 1.54) is 15.9 Å². The topological polar surface area (TPSA) is 59.1 Å². The molecule has 0 atom stereocenters. The third-order valence-electron chi connectivity index (χ3n) is 4.63. The first-order valence-corrected chi connectivity index (χ1v) is 10.2. The van der Waals surface area contributed by atoms with Crippen molar-refractivity contribution in [3.05, 3.63) is 53.1 Å². The Morgan fingerprint density at radius 3 is 2.35 bits per heavy atom. The number of hydrogen-bond donors (Lipinski definition) is 0. The van der Waals surface area contributed by atoms with Crippen molar-refractivity contribution in [2.75, 3.05) is 33.0 Å². The molecule has 0 amide bonds. The third kappa shape index (κ3) is 3.53. The Labute approximate surface area is 157 Å². The first-order valence-electron chi connectivity index (χ1n) is 8.39. The molecule has 2 aromatic rings. The van der Waals surface area contributed by atoms with E-state index in [-0.39, 0.29) is 11.7 Å². The number of nitrogens with zero attached hydrogens (tertiary/aromatic N) is 2. The predicted molar refractivity (Wildman–Crippen MR) is 98.1 cm³/mol. The number of fused-ring (bicyclic) bond motifs is 1. The molecule has 8 heteroatoms. The van der Waals surface area contributed by atoms with Crippen LogP contribution in [0.3, 0.4) is 0 Å². The van der Waals surface area contributed by atoms with Gasteiger partial charge in [-0.25, -0.2) is 8.42 Å². The van der Waals surface area contributed by atoms with Crippen LogP contribution < -0.4 is 9.47 Å². The molecular formula is C18H19ClN2O4S. The van der Waals surface area contributed by atoms with Gasteiger partial charge in [0.2, 0.25) is 16.8 Å². The van der Waals surface area contributed by atoms with Gasteiger partial charge in [0.15, 0.2) is 11.5 Å². The van der Waals surface area contributed by atoms with Crippen molar-refractivity contribution >= 4 is 21.6 Å². The van der Waals surface area contributed by atoms with E-state index in [2.05, 4.69) is 4.90 Å². The first kappa shape index (κ1) is 17.6. The average Bonchev–Trinajstić information content (AvgIpc) is 3.12. The number of sulfonamides is 1. The summed E-state index contributed by atoms with van der Waals surface area (Å²) in [5, 5.41) is 0.716. The summed E-state index contributed by atoms with van der Waals surface area (Å²) in [5.41, 5.74) is 1.17. The molecule has 0 aromatic heterocycles. The molecule has 6 nitrogen and oxygen atoms in total. The van der Waals surface area contributed by atoms with Crippen molar-refractivity contribution < 1.29 is 17.9 Å². The Morgan fingerprint density at radius 1 is 0.923 bits per heavy atom. The lowest BCUT2D eigenvalue weighted by Gasteiger charge is -2.34. The molecule has 138 valence electrons. The number of halogens is 1. The molecule has 26 heavy (non-hydrogen) atoms. The van der Waals surface area contributed by atoms with Gasteiger partial charge in [-0.15, -0.1) is 0 Å². The van der Waals surface area contributed by atoms with Gasteiger partial charge in [-0.1, -0.05) is 23.7 Å². The van der Waals surface area contributed by atoms with Crippen LogP contribution in [0.5, 0.6) is 11.5 Å². The molecule has 0 N–H and O–H groups in total. The Bertz CT molecular complexity index is 894. The normalized spacial score (nSPS) is 18.2. The van der Waals surface area contributed by atoms with Gasteiger partial charge < -0.3 is 9.47 Å². The molecule has 2 aliphatic rings. The van der Waals surface area contributed by atoms with Crippen LogP contribution in [0.2, 0.25) is 5.02 Å². The van der Waals surface area contributed by atoms with E-state index < -0.39 is 10.0 Å². The van der Waals surface area contributed by atoms with Crippen molar-refractivity contribution in [3.63, 3.8) is 0 Å². The maximum Gasteiger partial charge on any atom is 0.243 e. The summed E-state index contributed by atoms with van der Waals surface area (Å²) in [7, 11) is -3.53. The zero-order valence-corrected chi connectivity index (χ0v) is 15.7. The van der Waals surface area contributed by atoms with E-state index in [0.717, 1.165) is 6.54 Å². The number of rotatable bonds is 4. The van der Waals surface area contributed by atoms with E-state index in [1.54, 1.807) is 12.1 Å². The fourth-order valence-electron chi connectivity index (χ4n) is 3.16. The summed E-state index contributed by atoms with van der Waals surface area (Å²) in [6.45, 7) is 3.21. The molecule has 4 rings (SSSR count). The molecule has 0 spiro atoms. The molecule has 0 radical (unpaired) electrons. The SMILES string of the molecule is O=S(=O)(c1ccc2c(c1)OCO2)N1CCN(Cc2ccc(Cl)cc2)CC1. The summed E-state index contributed by atoms with van der Waals surface area (Å²) in [6, 6.07) is 12.5. The van der Waals surface area contributed by atoms with Crippen LogP contribution in [0.15, 0.2) is 47.4 Å². The highest BCUT2D eigenvalue weighted by Gasteiger charge is 2.30. The van der Waals surface area contributed by atoms with Crippen LogP contribution >= 0.6 is 11.6 Å². The Hall–Kier alpha value is -1.80. The van der Waals surface area contributed by atoms with Gasteiger partial charge in [0.25, 0.3) is 0 Å². The summed E-state index contributed by atoms with van der Waals surface area (Å²) >= 11 is 5.91. The van der Waals surface area contributed by atoms with Crippen molar-refractivity contribution in [1.29, 1.82) is 0 Å². The van der Waals surface area contributed by atoms with Gasteiger partial charge in [0.1, 0.15) is 0 Å². The molecule has 2 aromatic carbocycles. The minimum absolute atomic E-state index is 0.127. The van der Waals surface area contributed by atoms with Crippen molar-refractivity contribution in [1.82, 2.24) is 9.21 Å². The number of ether oxygens (including phenoxy) is 2. The lowest BCUT2D eigenvalue weighted by Crippen LogP contribution is -2.48. The van der Waals surface area contributed by atoms with Crippen LogP contribution in [-0.2, 0) is 16.6 Å². The second kappa shape index (κ2) is 7.08. The quantitative estimate of drug-likeness (QED) is 0.797. The maximum absolute atomic E-state index is 12.9. The van der Waals surface area contributed by atoms with Crippen LogP contribution in [0.1, 0.15) is 5.56 Å². The van der Waals surface area contributed by atoms with Gasteiger partial charge in [-0.05, 0) is 29.8 Å². The number of piperazine rings is 1. The molecule has 2 heterocycles. The van der Waals surface area contributed by atoms with Crippen molar-refractivity contribution in [3.8, 4) is 11.5 Å². The summed E-state index contributed by atoms with van der Waals surface area (Å²) in [4.78, 5) is 2.49. The van der Waals surface area contributed by atoms with Gasteiger partial charge in [-0.3, -0.25) is 4.90 Å². The van der Waals surface area contributed by atoms with E-state index in [1.807, 2.05) is 24.3 Å². The van der Waals surface area contributed by atoms with Crippen LogP contribution in [-0.4, -0.2) is 50.6 Å². The van der Waals surface area contributed by atoms with Gasteiger partial charge in [0.05, 0.1) is 4.90 Å². The second-order valence-electron chi connectivity index (χ2n) is 6.32. The summed E-state index contributed by atoms with van der Waals surface area (Å²) in [5.74, 6) is 1.06. The van der Waals surface area contributed by atoms with Crippen LogP contribution in [0.4, 0.5) is 0 Å². The van der Waals surface area contributed by atoms with E-state index in [0.29, 0.717) is 42.7 Å². The monoisotopic (exact) mass is 394 g/mol. The van der Waals surface area contributed by atoms with Gasteiger partial charge in [0, 0.05) is 43.8 Å². The highest BCUT2D eigenvalue weighted by Crippen LogP contribution is 2.34. The van der Waals surface area contributed by atoms with Crippen molar-refractivity contribution in [2.45, 2.75) is 11.4 Å². The molecule has 1 fully saturated rings. The molecule has 0 aliphatic carbocycles. The van der Waals surface area contributed by atoms with Crippen LogP contribution in [0.25, 0.3) is 0 Å². The number of benzene rings is 2. The smallest absolute Gasteiger partial charge is 0.243 e. The molecule has 0 unspecified atom stereocenters. The molecule has 2 aliphatic heterocycles. The van der Waals surface area contributed by atoms with Crippen molar-refractivity contribution in [2.24, 2.45) is 0 Å². The maximum atomic E-state index is 12.9. The predicted octanol–water partition coefficient (Wildman–Crippen LogP) is 2.58. The minimum atomic E-state index is -3.53. The van der Waals surface area contributed by atoms with Gasteiger partial charge >= 0.3 is 0 Å². The molecule has 0 bridgehead atoms. The number of hydrogen-bond acceptors (Lipinski definition) is 5. The molecular weight excluding hydrogens is 376 g/mol. The Balaban J connectivity index is 1.41. The standard InChI is InChI=1S/C18H19ClN2O4S/c19-15-3-1-14(2-4-15)12-20-7-9-21(10-8-20)26(22,23)16-5-6-17-18(11-16)25-13-24-17/h1-6,11H,7-10,12-13H2. The third-order valence-corrected chi connectivity index (χ3v) is 6.78. The fourth-order valence-corrected chi connectivity index (χ4v) is 4.73. The molecule has 0 saturated carbocycles. The molecule has 1 saturated heterocycles. The summed E-state index contributed by atoms with van der Waals surface area (Å²) in [6.07, 6.45) is 0. The lowest BCUT2D eigenvalue weighted by atomic mass is 10.2. The highest BCUT2D eigenvalue weighted by atomic mass is 35.5. The van der Waals surface area contributed by atoms with E-state index in [9.17, 15) is 8.42 Å². The summed E-state index contributed by atoms with van der Waals surface area (Å²) < 4.78 is 37.8. The second-order valence-corrected chi connectivity index (χ2v) is 8.70. The Morgan fingerprint density at radius 2 is 1.62 bits per heavy atom. The first-order chi connectivity index (χ1) is 12.5. The largest absolute Gasteiger partial charge is 0.454 e. The Kier molecular flexibility index (Phi) is 4.79. The van der Waals surface area contributed by atoms with Gasteiger partial charge in [-0.2, -0.15) is 4.31 Å². The minimum Gasteiger partial charge on any atom is -0.454 e. The van der Waals surface area contributed by atoms with E-state index >= 15 is 0 Å².